The van der Waals surface area contributed by atoms with Gasteiger partial charge in [-0.2, -0.15) is 0 Å². The molecule has 0 nitrogen and oxygen atoms in total. The van der Waals surface area contributed by atoms with Crippen molar-refractivity contribution in [1.82, 2.24) is 0 Å². The van der Waals surface area contributed by atoms with Gasteiger partial charge in [0, 0.05) is 0 Å². The Morgan fingerprint density at radius 2 is 1.20 bits per heavy atom. The number of benzene rings is 2. The second-order valence-corrected chi connectivity index (χ2v) is 25.3. The summed E-state index contributed by atoms with van der Waals surface area (Å²) in [7, 11) is 0. The molecule has 6 aliphatic carbocycles. The Morgan fingerprint density at radius 1 is 0.756 bits per heavy atom. The number of allylic oxidation sites excluding steroid dienone is 4. The summed E-state index contributed by atoms with van der Waals surface area (Å²) in [6.45, 7) is 24.4. The van der Waals surface area contributed by atoms with Crippen LogP contribution in [-0.2, 0) is 32.1 Å². The number of fused-ring (bicyclic) bond motifs is 3. The van der Waals surface area contributed by atoms with Crippen molar-refractivity contribution < 1.29 is 46.1 Å². The zero-order chi connectivity index (χ0) is 30.6. The maximum Gasteiger partial charge on any atom is -1.00 e. The molecular formula is C42H56Cl2Zr. The predicted molar refractivity (Wildman–Crippen MR) is 183 cm³/mol. The summed E-state index contributed by atoms with van der Waals surface area (Å²) in [6.07, 6.45) is 13.3. The molecule has 4 bridgehead atoms. The van der Waals surface area contributed by atoms with Crippen molar-refractivity contribution in [2.45, 2.75) is 129 Å². The second-order valence-electron chi connectivity index (χ2n) is 18.1. The Balaban J connectivity index is 0.00000200. The van der Waals surface area contributed by atoms with E-state index in [4.69, 9.17) is 0 Å². The molecular weight excluding hydrogens is 667 g/mol. The second kappa shape index (κ2) is 12.3. The zero-order valence-corrected chi connectivity index (χ0v) is 33.6. The smallest absolute Gasteiger partial charge is 1.00 e. The Bertz CT molecular complexity index is 1480. The van der Waals surface area contributed by atoms with Gasteiger partial charge in [0.1, 0.15) is 0 Å². The van der Waals surface area contributed by atoms with Crippen molar-refractivity contribution >= 4 is 3.21 Å². The number of hydrogen-bond acceptors (Lipinski definition) is 0. The Hall–Kier alpha value is -0.747. The van der Waals surface area contributed by atoms with Crippen LogP contribution in [0.5, 0.6) is 0 Å². The van der Waals surface area contributed by atoms with Gasteiger partial charge in [-0.25, -0.2) is 0 Å². The first-order valence-corrected chi connectivity index (χ1v) is 21.4. The molecule has 6 aliphatic rings. The minimum absolute atomic E-state index is 0. The molecule has 4 fully saturated rings. The van der Waals surface area contributed by atoms with E-state index in [0.717, 1.165) is 17.8 Å². The maximum absolute atomic E-state index is 2.76. The van der Waals surface area contributed by atoms with Crippen LogP contribution in [0.3, 0.4) is 0 Å². The molecule has 0 spiro atoms. The number of rotatable bonds is 4. The average Bonchev–Trinajstić information content (AvgIpc) is 3.35. The third kappa shape index (κ3) is 6.17. The third-order valence-electron chi connectivity index (χ3n) is 12.4. The van der Waals surface area contributed by atoms with Crippen molar-refractivity contribution in [2.24, 2.45) is 29.1 Å². The first-order valence-electron chi connectivity index (χ1n) is 17.5. The molecule has 3 heteroatoms. The zero-order valence-electron chi connectivity index (χ0n) is 29.6. The molecule has 242 valence electrons. The van der Waals surface area contributed by atoms with E-state index in [-0.39, 0.29) is 35.6 Å². The molecule has 2 aromatic carbocycles. The Labute approximate surface area is 295 Å². The number of halogens is 2. The standard InChI is InChI=1S/C21H25.C18H25.C3H6.2ClH.Zr/c1-20(2,3)16-7-9-18-14(12-16)11-15-13-17(21(4,5)6)8-10-19(15)18;1-12-3-13(2)17(4-12)11-18-8-14-5-15(9-18)7-16(6-14)10-18;1-3-2;;;/h7-13H,1-6H3;4,12,14-16H,5-11H2,1-2H3;1-2H3;2*1H;/q;;;;;+2/p-2. The molecule has 8 rings (SSSR count). The van der Waals surface area contributed by atoms with E-state index in [2.05, 4.69) is 112 Å². The summed E-state index contributed by atoms with van der Waals surface area (Å²) in [5, 5.41) is 0. The molecule has 0 amide bonds. The van der Waals surface area contributed by atoms with Gasteiger partial charge < -0.3 is 24.8 Å². The topological polar surface area (TPSA) is 0 Å². The van der Waals surface area contributed by atoms with Crippen molar-refractivity contribution in [3.05, 3.63) is 79.2 Å². The predicted octanol–water partition coefficient (Wildman–Crippen LogP) is 5.65. The first-order chi connectivity index (χ1) is 20.1. The van der Waals surface area contributed by atoms with Crippen molar-refractivity contribution in [3.8, 4) is 11.1 Å². The Morgan fingerprint density at radius 3 is 1.60 bits per heavy atom. The molecule has 1 atom stereocenters. The normalized spacial score (nSPS) is 28.2. The van der Waals surface area contributed by atoms with Crippen molar-refractivity contribution in [1.29, 1.82) is 0 Å². The first kappa shape index (κ1) is 35.6. The summed E-state index contributed by atoms with van der Waals surface area (Å²) < 4.78 is 4.24. The van der Waals surface area contributed by atoms with Crippen LogP contribution in [0.4, 0.5) is 0 Å². The fourth-order valence-electron chi connectivity index (χ4n) is 10.8. The molecule has 2 aromatic rings. The minimum atomic E-state index is -2.35. The summed E-state index contributed by atoms with van der Waals surface area (Å²) in [6, 6.07) is 15.1. The van der Waals surface area contributed by atoms with Gasteiger partial charge >= 0.3 is 272 Å². The van der Waals surface area contributed by atoms with Gasteiger partial charge in [0.15, 0.2) is 0 Å². The fraction of sp³-hybridized carbons (Fsp3) is 0.595. The summed E-state index contributed by atoms with van der Waals surface area (Å²) >= 11 is -2.35. The number of hydrogen-bond donors (Lipinski definition) is 0. The van der Waals surface area contributed by atoms with Crippen LogP contribution in [0.1, 0.15) is 140 Å². The maximum atomic E-state index is 2.76. The monoisotopic (exact) mass is 720 g/mol. The molecule has 4 saturated carbocycles. The average molecular weight is 723 g/mol. The van der Waals surface area contributed by atoms with Crippen molar-refractivity contribution in [2.75, 3.05) is 0 Å². The third-order valence-corrected chi connectivity index (χ3v) is 21.5. The molecule has 45 heavy (non-hydrogen) atoms. The van der Waals surface area contributed by atoms with E-state index < -0.39 is 21.3 Å². The van der Waals surface area contributed by atoms with Crippen LogP contribution >= 0.6 is 0 Å². The Kier molecular flexibility index (Phi) is 9.71. The molecule has 0 heterocycles. The summed E-state index contributed by atoms with van der Waals surface area (Å²) in [4.78, 5) is 0. The van der Waals surface area contributed by atoms with Gasteiger partial charge in [0.2, 0.25) is 0 Å². The van der Waals surface area contributed by atoms with E-state index in [1.54, 1.807) is 44.7 Å². The van der Waals surface area contributed by atoms with E-state index in [9.17, 15) is 0 Å². The molecule has 1 unspecified atom stereocenters. The fourth-order valence-corrected chi connectivity index (χ4v) is 19.8. The van der Waals surface area contributed by atoms with Crippen LogP contribution in [-0.4, -0.2) is 3.21 Å². The van der Waals surface area contributed by atoms with Gasteiger partial charge in [-0.15, -0.1) is 0 Å². The van der Waals surface area contributed by atoms with E-state index in [1.807, 2.05) is 3.28 Å². The van der Waals surface area contributed by atoms with Crippen LogP contribution in [0.25, 0.3) is 11.1 Å². The summed E-state index contributed by atoms with van der Waals surface area (Å²) in [5.41, 5.74) is 13.7. The molecule has 0 saturated heterocycles. The van der Waals surface area contributed by atoms with Gasteiger partial charge in [0.05, 0.1) is 0 Å². The van der Waals surface area contributed by atoms with Gasteiger partial charge in [-0.05, 0) is 0 Å². The minimum Gasteiger partial charge on any atom is -1.00 e. The molecule has 0 aromatic heterocycles. The van der Waals surface area contributed by atoms with Crippen LogP contribution in [0, 0.1) is 29.1 Å². The largest absolute Gasteiger partial charge is 1.00 e. The van der Waals surface area contributed by atoms with Crippen molar-refractivity contribution in [3.63, 3.8) is 0 Å². The van der Waals surface area contributed by atoms with E-state index in [0.29, 0.717) is 15.0 Å². The van der Waals surface area contributed by atoms with E-state index >= 15 is 0 Å². The van der Waals surface area contributed by atoms with E-state index in [1.165, 1.54) is 47.9 Å². The van der Waals surface area contributed by atoms with Gasteiger partial charge in [-0.1, -0.05) is 0 Å². The molecule has 0 radical (unpaired) electrons. The van der Waals surface area contributed by atoms with Crippen LogP contribution in [0.15, 0.2) is 56.9 Å². The summed E-state index contributed by atoms with van der Waals surface area (Å²) in [5.74, 6) is 3.70. The van der Waals surface area contributed by atoms with Crippen LogP contribution in [0.2, 0.25) is 0 Å². The molecule has 0 N–H and O–H groups in total. The molecule has 0 aliphatic heterocycles. The van der Waals surface area contributed by atoms with Crippen LogP contribution < -0.4 is 24.8 Å². The van der Waals surface area contributed by atoms with Gasteiger partial charge in [-0.3, -0.25) is 0 Å². The van der Waals surface area contributed by atoms with Gasteiger partial charge in [0.25, 0.3) is 0 Å². The SMILES string of the molecule is CC1=[C]([Zr+2](=[C](C)C)[CH]2c3cc(C(C)(C)C)ccc3-c3ccc(C(C)(C)C)cc32)C(C)C=C1CC12CC3CC(CC(C3)C1)C2.[Cl-].[Cl-]. The quantitative estimate of drug-likeness (QED) is 0.383.